The molecule has 59 heavy (non-hydrogen) atoms. The lowest BCUT2D eigenvalue weighted by atomic mass is 9.64. The van der Waals surface area contributed by atoms with Crippen molar-refractivity contribution in [2.45, 2.75) is 120 Å². The number of carbonyl (C=O) groups excluding carboxylic acids is 2. The molecule has 6 N–H and O–H groups in total. The normalized spacial score (nSPS) is 28.0. The van der Waals surface area contributed by atoms with Gasteiger partial charge in [-0.25, -0.2) is 4.98 Å². The molecule has 4 aromatic rings. The van der Waals surface area contributed by atoms with Crippen molar-refractivity contribution in [3.05, 3.63) is 95.2 Å². The molecule has 9 atom stereocenters. The van der Waals surface area contributed by atoms with E-state index in [4.69, 9.17) is 10.5 Å². The van der Waals surface area contributed by atoms with Gasteiger partial charge in [0.2, 0.25) is 0 Å². The van der Waals surface area contributed by atoms with E-state index in [0.29, 0.717) is 92.5 Å². The second kappa shape index (κ2) is 17.8. The van der Waals surface area contributed by atoms with Gasteiger partial charge < -0.3 is 31.1 Å². The van der Waals surface area contributed by atoms with E-state index in [1.165, 1.54) is 7.11 Å². The minimum absolute atomic E-state index is 0.00624. The molecule has 1 saturated heterocycles. The highest BCUT2D eigenvalue weighted by molar-refractivity contribution is 5.89. The lowest BCUT2D eigenvalue weighted by Crippen LogP contribution is -2.49. The van der Waals surface area contributed by atoms with Crippen LogP contribution in [0.2, 0.25) is 0 Å². The number of rotatable bonds is 11. The van der Waals surface area contributed by atoms with Crippen LogP contribution in [0.15, 0.2) is 72.9 Å². The van der Waals surface area contributed by atoms with Crippen molar-refractivity contribution in [1.82, 2.24) is 10.3 Å². The Morgan fingerprint density at radius 3 is 2.58 bits per heavy atom. The summed E-state index contributed by atoms with van der Waals surface area (Å²) in [4.78, 5) is 30.5. The quantitative estimate of drug-likeness (QED) is 0.0958. The van der Waals surface area contributed by atoms with Crippen molar-refractivity contribution in [1.29, 1.82) is 0 Å². The van der Waals surface area contributed by atoms with Crippen LogP contribution in [0, 0.1) is 35.0 Å². The average Bonchev–Trinajstić information content (AvgIpc) is 3.29. The second-order valence-electron chi connectivity index (χ2n) is 18.0. The lowest BCUT2D eigenvalue weighted by Gasteiger charge is -2.42. The standard InChI is InChI=1S/C50H59N3O6/c1-59-46-25-37-12-15-47(57)50(19-16-31(23-48(50)58)6-7-32-22-39-11-14-41(55)28-44(39)53-30-32)20-17-34(43(37)29-45(46)56)10-13-40(54)27-42(38-18-21-52-49(51)26-38)36-9-8-33-4-2-3-5-35(33)24-36/h2-5,8-9,18,21,24-26,29,31-32,34,39-40,42,44,48,53-54,56,58H,6-7,10-16,19,22-23,27-28,30H2,1H3,(H2,51,52). The number of nitrogen functional groups attached to an aromatic ring is 1. The number of aryl methyl sites for hydroxylation is 1. The summed E-state index contributed by atoms with van der Waals surface area (Å²) in [6, 6.07) is 22.3. The maximum absolute atomic E-state index is 14.2. The molecule has 9 unspecified atom stereocenters. The van der Waals surface area contributed by atoms with Gasteiger partial charge in [0.25, 0.3) is 0 Å². The zero-order chi connectivity index (χ0) is 41.1. The number of phenolic OH excluding ortho intramolecular Hbond substituents is 1. The molecule has 3 fully saturated rings. The van der Waals surface area contributed by atoms with E-state index < -0.39 is 23.5 Å². The van der Waals surface area contributed by atoms with Crippen molar-refractivity contribution in [2.75, 3.05) is 19.4 Å². The van der Waals surface area contributed by atoms with Gasteiger partial charge in [-0.1, -0.05) is 60.7 Å². The van der Waals surface area contributed by atoms with Crippen LogP contribution in [0.25, 0.3) is 10.8 Å². The van der Waals surface area contributed by atoms with Crippen LogP contribution in [0.5, 0.6) is 11.5 Å². The SMILES string of the molecule is COc1cc2c(cc1O)C(CCC(O)CC(c1ccnc(N)c1)c1ccc3ccccc3c1)C#CC1(CCC(CCC3CNC4CC(=O)CCC4C3)CC1O)C(=O)CC2. The van der Waals surface area contributed by atoms with Crippen LogP contribution >= 0.6 is 0 Å². The average molecular weight is 798 g/mol. The number of carbonyl (C=O) groups is 2. The van der Waals surface area contributed by atoms with E-state index in [2.05, 4.69) is 52.5 Å². The molecule has 0 bridgehead atoms. The lowest BCUT2D eigenvalue weighted by molar-refractivity contribution is -0.134. The van der Waals surface area contributed by atoms with Crippen LogP contribution in [-0.2, 0) is 16.0 Å². The molecule has 2 saturated carbocycles. The second-order valence-corrected chi connectivity index (χ2v) is 18.0. The molecule has 4 aliphatic rings. The molecule has 9 nitrogen and oxygen atoms in total. The van der Waals surface area contributed by atoms with Gasteiger partial charge in [0, 0.05) is 43.3 Å². The number of hydrogen-bond donors (Lipinski definition) is 5. The number of fused-ring (bicyclic) bond motifs is 3. The molecule has 0 amide bonds. The number of aromatic nitrogens is 1. The van der Waals surface area contributed by atoms with Gasteiger partial charge in [-0.15, -0.1) is 0 Å². The summed E-state index contributed by atoms with van der Waals surface area (Å²) < 4.78 is 5.49. The fourth-order valence-electron chi connectivity index (χ4n) is 10.8. The zero-order valence-electron chi connectivity index (χ0n) is 34.2. The molecule has 2 heterocycles. The molecule has 8 rings (SSSR count). The number of hydrogen-bond acceptors (Lipinski definition) is 9. The maximum atomic E-state index is 14.2. The molecule has 3 aliphatic carbocycles. The Morgan fingerprint density at radius 2 is 1.76 bits per heavy atom. The zero-order valence-corrected chi connectivity index (χ0v) is 34.2. The third kappa shape index (κ3) is 9.06. The fourth-order valence-corrected chi connectivity index (χ4v) is 10.8. The topological polar surface area (TPSA) is 155 Å². The summed E-state index contributed by atoms with van der Waals surface area (Å²) >= 11 is 0. The number of nitrogens with zero attached hydrogens (tertiary/aromatic N) is 1. The first-order chi connectivity index (χ1) is 28.6. The molecule has 9 heteroatoms. The van der Waals surface area contributed by atoms with E-state index in [-0.39, 0.29) is 23.9 Å². The summed E-state index contributed by atoms with van der Waals surface area (Å²) in [7, 11) is 1.52. The molecule has 3 aromatic carbocycles. The Kier molecular flexibility index (Phi) is 12.4. The predicted octanol–water partition coefficient (Wildman–Crippen LogP) is 7.77. The highest BCUT2D eigenvalue weighted by atomic mass is 16.5. The Balaban J connectivity index is 0.998. The van der Waals surface area contributed by atoms with E-state index in [9.17, 15) is 24.9 Å². The Labute approximate surface area is 348 Å². The number of benzene rings is 3. The fraction of sp³-hybridized carbons (Fsp3) is 0.500. The minimum atomic E-state index is -1.15. The van der Waals surface area contributed by atoms with Gasteiger partial charge >= 0.3 is 0 Å². The number of aliphatic hydroxyl groups excluding tert-OH is 2. The molecular weight excluding hydrogens is 739 g/mol. The van der Waals surface area contributed by atoms with E-state index in [0.717, 1.165) is 71.7 Å². The first-order valence-electron chi connectivity index (χ1n) is 21.9. The first kappa shape index (κ1) is 41.0. The van der Waals surface area contributed by atoms with Crippen molar-refractivity contribution in [3.8, 4) is 23.3 Å². The van der Waals surface area contributed by atoms with Crippen LogP contribution in [0.4, 0.5) is 5.82 Å². The largest absolute Gasteiger partial charge is 0.504 e. The van der Waals surface area contributed by atoms with Gasteiger partial charge in [-0.3, -0.25) is 9.59 Å². The number of aliphatic hydroxyl groups is 2. The van der Waals surface area contributed by atoms with E-state index in [1.54, 1.807) is 12.3 Å². The number of anilines is 1. The summed E-state index contributed by atoms with van der Waals surface area (Å²) in [5.41, 5.74) is 8.77. The smallest absolute Gasteiger partial charge is 0.160 e. The molecule has 1 spiro atoms. The van der Waals surface area contributed by atoms with Crippen LogP contribution in [0.3, 0.4) is 0 Å². The van der Waals surface area contributed by atoms with Gasteiger partial charge in [-0.2, -0.15) is 0 Å². The molecule has 1 aromatic heterocycles. The third-order valence-corrected chi connectivity index (χ3v) is 14.3. The van der Waals surface area contributed by atoms with Crippen molar-refractivity contribution >= 4 is 28.2 Å². The summed E-state index contributed by atoms with van der Waals surface area (Å²) in [5.74, 6) is 8.95. The van der Waals surface area contributed by atoms with Crippen LogP contribution in [-0.4, -0.2) is 63.8 Å². The molecular formula is C50H59N3O6. The minimum Gasteiger partial charge on any atom is -0.504 e. The summed E-state index contributed by atoms with van der Waals surface area (Å²) in [6.07, 6.45) is 9.66. The number of nitrogens with one attached hydrogen (secondary N) is 1. The number of aromatic hydroxyl groups is 1. The van der Waals surface area contributed by atoms with Gasteiger partial charge in [0.15, 0.2) is 17.3 Å². The molecule has 1 aliphatic heterocycles. The highest BCUT2D eigenvalue weighted by Crippen LogP contribution is 2.45. The Bertz CT molecular complexity index is 2230. The molecule has 0 radical (unpaired) electrons. The third-order valence-electron chi connectivity index (χ3n) is 14.3. The number of nitrogens with two attached hydrogens (primary N) is 1. The maximum Gasteiger partial charge on any atom is 0.160 e. The van der Waals surface area contributed by atoms with Crippen LogP contribution < -0.4 is 15.8 Å². The summed E-state index contributed by atoms with van der Waals surface area (Å²) in [5, 5.41) is 40.6. The number of pyridine rings is 1. The predicted molar refractivity (Wildman–Crippen MR) is 230 cm³/mol. The van der Waals surface area contributed by atoms with Gasteiger partial charge in [0.05, 0.1) is 19.3 Å². The van der Waals surface area contributed by atoms with Gasteiger partial charge in [-0.05, 0) is 146 Å². The highest BCUT2D eigenvalue weighted by Gasteiger charge is 2.47. The van der Waals surface area contributed by atoms with Crippen molar-refractivity contribution in [3.63, 3.8) is 0 Å². The summed E-state index contributed by atoms with van der Waals surface area (Å²) in [6.45, 7) is 0.942. The van der Waals surface area contributed by atoms with E-state index >= 15 is 0 Å². The van der Waals surface area contributed by atoms with E-state index in [1.807, 2.05) is 30.3 Å². The Morgan fingerprint density at radius 1 is 0.949 bits per heavy atom. The number of ketones is 2. The van der Waals surface area contributed by atoms with Crippen LogP contribution in [0.1, 0.15) is 118 Å². The first-order valence-corrected chi connectivity index (χ1v) is 21.9. The molecule has 310 valence electrons. The van der Waals surface area contributed by atoms with Crippen molar-refractivity contribution in [2.24, 2.45) is 23.2 Å². The van der Waals surface area contributed by atoms with Crippen molar-refractivity contribution < 1.29 is 29.6 Å². The number of phenols is 1. The number of Topliss-reactive ketones (excluding diaryl/α,β-unsaturated/α-hetero) is 2. The monoisotopic (exact) mass is 797 g/mol. The number of piperidine rings is 1. The number of ether oxygens (including phenoxy) is 1. The number of methoxy groups -OCH3 is 1. The Hall–Kier alpha value is -4.75. The van der Waals surface area contributed by atoms with Gasteiger partial charge in [0.1, 0.15) is 17.0 Å².